The van der Waals surface area contributed by atoms with Gasteiger partial charge >= 0.3 is 11.7 Å². The van der Waals surface area contributed by atoms with Crippen LogP contribution in [-0.2, 0) is 0 Å². The van der Waals surface area contributed by atoms with Gasteiger partial charge < -0.3 is 14.9 Å². The number of phenols is 2. The van der Waals surface area contributed by atoms with Crippen LogP contribution in [0.1, 0.15) is 10.4 Å². The fraction of sp³-hybridized carbons (Fsp3) is 0. The highest BCUT2D eigenvalue weighted by Crippen LogP contribution is 2.36. The summed E-state index contributed by atoms with van der Waals surface area (Å²) in [4.78, 5) is 21.7. The molecule has 0 spiro atoms. The molecule has 0 saturated carbocycles. The van der Waals surface area contributed by atoms with Gasteiger partial charge in [0.05, 0.1) is 4.92 Å². The van der Waals surface area contributed by atoms with Gasteiger partial charge in [0.2, 0.25) is 5.75 Å². The second-order valence-electron chi connectivity index (χ2n) is 3.79. The number of esters is 1. The SMILES string of the molecule is O=C(Oc1ccccc1)c1c(O)ccc([N+](=O)[O-])c1O. The number of nitrogens with zero attached hydrogens (tertiary/aromatic N) is 1. The highest BCUT2D eigenvalue weighted by molar-refractivity contribution is 5.98. The third-order valence-corrected chi connectivity index (χ3v) is 2.49. The highest BCUT2D eigenvalue weighted by Gasteiger charge is 2.26. The molecule has 0 unspecified atom stereocenters. The summed E-state index contributed by atoms with van der Waals surface area (Å²) in [7, 11) is 0. The Kier molecular flexibility index (Phi) is 3.52. The third-order valence-electron chi connectivity index (χ3n) is 2.49. The first-order valence-electron chi connectivity index (χ1n) is 5.47. The van der Waals surface area contributed by atoms with Crippen LogP contribution < -0.4 is 4.74 Å². The number of benzene rings is 2. The standard InChI is InChI=1S/C13H9NO6/c15-10-7-6-9(14(18)19)12(16)11(10)13(17)20-8-4-2-1-3-5-8/h1-7,15-16H. The van der Waals surface area contributed by atoms with E-state index in [0.717, 1.165) is 12.1 Å². The molecule has 0 bridgehead atoms. The van der Waals surface area contributed by atoms with Gasteiger partial charge in [-0.2, -0.15) is 0 Å². The molecule has 0 atom stereocenters. The number of hydrogen-bond acceptors (Lipinski definition) is 6. The molecule has 0 aromatic heterocycles. The van der Waals surface area contributed by atoms with Crippen LogP contribution in [0.5, 0.6) is 17.2 Å². The molecule has 2 aromatic carbocycles. The van der Waals surface area contributed by atoms with Gasteiger partial charge in [0.25, 0.3) is 0 Å². The molecule has 20 heavy (non-hydrogen) atoms. The predicted molar refractivity (Wildman–Crippen MR) is 67.8 cm³/mol. The molecule has 7 heteroatoms. The number of carbonyl (C=O) groups is 1. The summed E-state index contributed by atoms with van der Waals surface area (Å²) in [6, 6.07) is 9.77. The van der Waals surface area contributed by atoms with Crippen LogP contribution in [0.25, 0.3) is 0 Å². The van der Waals surface area contributed by atoms with Crippen LogP contribution in [0.2, 0.25) is 0 Å². The molecule has 0 fully saturated rings. The van der Waals surface area contributed by atoms with E-state index in [1.165, 1.54) is 12.1 Å². The first-order valence-corrected chi connectivity index (χ1v) is 5.47. The normalized spacial score (nSPS) is 10.0. The van der Waals surface area contributed by atoms with Gasteiger partial charge in [0.1, 0.15) is 11.5 Å². The Bertz CT molecular complexity index is 668. The molecule has 0 aliphatic heterocycles. The summed E-state index contributed by atoms with van der Waals surface area (Å²) in [5.74, 6) is -2.44. The van der Waals surface area contributed by atoms with E-state index in [-0.39, 0.29) is 5.75 Å². The monoisotopic (exact) mass is 275 g/mol. The minimum atomic E-state index is -1.09. The summed E-state index contributed by atoms with van der Waals surface area (Å²) in [5.41, 5.74) is -1.34. The third kappa shape index (κ3) is 2.51. The number of ether oxygens (including phenoxy) is 1. The molecule has 0 amide bonds. The molecular formula is C13H9NO6. The molecule has 0 aliphatic carbocycles. The van der Waals surface area contributed by atoms with E-state index in [0.29, 0.717) is 0 Å². The molecule has 0 heterocycles. The first-order chi connectivity index (χ1) is 9.50. The Hall–Kier alpha value is -3.09. The molecule has 0 radical (unpaired) electrons. The Balaban J connectivity index is 2.39. The predicted octanol–water partition coefficient (Wildman–Crippen LogP) is 2.23. The molecular weight excluding hydrogens is 266 g/mol. The van der Waals surface area contributed by atoms with Crippen molar-refractivity contribution >= 4 is 11.7 Å². The van der Waals surface area contributed by atoms with Crippen molar-refractivity contribution in [3.63, 3.8) is 0 Å². The van der Waals surface area contributed by atoms with Crippen molar-refractivity contribution in [3.8, 4) is 17.2 Å². The second kappa shape index (κ2) is 5.27. The van der Waals surface area contributed by atoms with Gasteiger partial charge in [-0.05, 0) is 18.2 Å². The van der Waals surface area contributed by atoms with E-state index >= 15 is 0 Å². The highest BCUT2D eigenvalue weighted by atomic mass is 16.6. The van der Waals surface area contributed by atoms with Crippen LogP contribution >= 0.6 is 0 Å². The van der Waals surface area contributed by atoms with Crippen molar-refractivity contribution in [2.24, 2.45) is 0 Å². The van der Waals surface area contributed by atoms with Crippen LogP contribution in [-0.4, -0.2) is 21.1 Å². The van der Waals surface area contributed by atoms with E-state index in [1.54, 1.807) is 18.2 Å². The molecule has 2 N–H and O–H groups in total. The zero-order chi connectivity index (χ0) is 14.7. The van der Waals surface area contributed by atoms with Crippen molar-refractivity contribution < 1.29 is 24.7 Å². The number of nitro benzene ring substituents is 1. The molecule has 102 valence electrons. The number of nitro groups is 1. The van der Waals surface area contributed by atoms with Gasteiger partial charge in [-0.1, -0.05) is 18.2 Å². The van der Waals surface area contributed by atoms with Crippen molar-refractivity contribution in [3.05, 3.63) is 58.1 Å². The van der Waals surface area contributed by atoms with Gasteiger partial charge in [0.15, 0.2) is 5.56 Å². The molecule has 0 aliphatic rings. The average Bonchev–Trinajstić information content (AvgIpc) is 2.39. The Morgan fingerprint density at radius 1 is 1.10 bits per heavy atom. The van der Waals surface area contributed by atoms with Gasteiger partial charge in [-0.3, -0.25) is 10.1 Å². The van der Waals surface area contributed by atoms with Crippen molar-refractivity contribution in [2.45, 2.75) is 0 Å². The van der Waals surface area contributed by atoms with Crippen LogP contribution in [0.3, 0.4) is 0 Å². The van der Waals surface area contributed by atoms with Gasteiger partial charge in [-0.25, -0.2) is 4.79 Å². The minimum absolute atomic E-state index is 0.183. The van der Waals surface area contributed by atoms with E-state index in [1.807, 2.05) is 0 Å². The number of para-hydroxylation sites is 1. The van der Waals surface area contributed by atoms with E-state index in [9.17, 15) is 25.1 Å². The second-order valence-corrected chi connectivity index (χ2v) is 3.79. The number of hydrogen-bond donors (Lipinski definition) is 2. The Morgan fingerprint density at radius 3 is 2.35 bits per heavy atom. The van der Waals surface area contributed by atoms with Crippen LogP contribution in [0.4, 0.5) is 5.69 Å². The molecule has 0 saturated heterocycles. The van der Waals surface area contributed by atoms with Gasteiger partial charge in [0, 0.05) is 6.07 Å². The number of rotatable bonds is 3. The largest absolute Gasteiger partial charge is 0.507 e. The van der Waals surface area contributed by atoms with Crippen molar-refractivity contribution in [1.82, 2.24) is 0 Å². The summed E-state index contributed by atoms with van der Waals surface area (Å²) in [6.07, 6.45) is 0. The maximum atomic E-state index is 11.9. The topological polar surface area (TPSA) is 110 Å². The molecule has 2 aromatic rings. The summed E-state index contributed by atoms with van der Waals surface area (Å²) in [5, 5.41) is 29.9. The summed E-state index contributed by atoms with van der Waals surface area (Å²) >= 11 is 0. The number of phenolic OH excluding ortho intramolecular Hbond substituents is 2. The van der Waals surface area contributed by atoms with E-state index < -0.39 is 33.6 Å². The lowest BCUT2D eigenvalue weighted by Gasteiger charge is -2.07. The fourth-order valence-corrected chi connectivity index (χ4v) is 1.56. The summed E-state index contributed by atoms with van der Waals surface area (Å²) < 4.78 is 4.92. The number of carbonyl (C=O) groups excluding carboxylic acids is 1. The molecule has 7 nitrogen and oxygen atoms in total. The van der Waals surface area contributed by atoms with E-state index in [4.69, 9.17) is 4.74 Å². The Labute approximate surface area is 112 Å². The van der Waals surface area contributed by atoms with Crippen LogP contribution in [0, 0.1) is 10.1 Å². The lowest BCUT2D eigenvalue weighted by molar-refractivity contribution is -0.385. The quantitative estimate of drug-likeness (QED) is 0.384. The van der Waals surface area contributed by atoms with Crippen molar-refractivity contribution in [2.75, 3.05) is 0 Å². The smallest absolute Gasteiger partial charge is 0.351 e. The first kappa shape index (κ1) is 13.3. The lowest BCUT2D eigenvalue weighted by Crippen LogP contribution is -2.09. The van der Waals surface area contributed by atoms with Gasteiger partial charge in [-0.15, -0.1) is 0 Å². The van der Waals surface area contributed by atoms with Crippen LogP contribution in [0.15, 0.2) is 42.5 Å². The maximum Gasteiger partial charge on any atom is 0.351 e. The van der Waals surface area contributed by atoms with Crippen molar-refractivity contribution in [1.29, 1.82) is 0 Å². The fourth-order valence-electron chi connectivity index (χ4n) is 1.56. The lowest BCUT2D eigenvalue weighted by atomic mass is 10.1. The zero-order valence-corrected chi connectivity index (χ0v) is 10.0. The maximum absolute atomic E-state index is 11.9. The molecule has 2 rings (SSSR count). The number of aromatic hydroxyl groups is 2. The zero-order valence-electron chi connectivity index (χ0n) is 10.0. The average molecular weight is 275 g/mol. The Morgan fingerprint density at radius 2 is 1.75 bits per heavy atom. The minimum Gasteiger partial charge on any atom is -0.507 e. The summed E-state index contributed by atoms with van der Waals surface area (Å²) in [6.45, 7) is 0. The van der Waals surface area contributed by atoms with E-state index in [2.05, 4.69) is 0 Å².